The van der Waals surface area contributed by atoms with Crippen molar-refractivity contribution in [1.82, 2.24) is 5.32 Å². The summed E-state index contributed by atoms with van der Waals surface area (Å²) in [4.78, 5) is 22.8. The third kappa shape index (κ3) is 6.88. The van der Waals surface area contributed by atoms with Crippen LogP contribution in [0.3, 0.4) is 0 Å². The fourth-order valence-corrected chi connectivity index (χ4v) is 3.60. The quantitative estimate of drug-likeness (QED) is 0.119. The number of alkyl halides is 6. The van der Waals surface area contributed by atoms with Crippen LogP contribution < -0.4 is 9.50 Å². The average Bonchev–Trinajstić information content (AvgIpc) is 2.73. The van der Waals surface area contributed by atoms with Gasteiger partial charge in [0.15, 0.2) is 0 Å². The van der Waals surface area contributed by atoms with E-state index in [2.05, 4.69) is 16.1 Å². The molecule has 0 aliphatic heterocycles. The van der Waals surface area contributed by atoms with Gasteiger partial charge in [-0.1, -0.05) is 18.7 Å². The minimum absolute atomic E-state index is 0.0147. The molecule has 0 spiro atoms. The predicted molar refractivity (Wildman–Crippen MR) is 109 cm³/mol. The van der Waals surface area contributed by atoms with Gasteiger partial charge in [0.1, 0.15) is 12.4 Å². The molecule has 1 amide bonds. The van der Waals surface area contributed by atoms with E-state index in [1.54, 1.807) is 0 Å². The molecule has 1 aromatic rings. The van der Waals surface area contributed by atoms with Gasteiger partial charge in [-0.3, -0.25) is 9.35 Å². The van der Waals surface area contributed by atoms with Crippen molar-refractivity contribution in [3.05, 3.63) is 42.0 Å². The second kappa shape index (κ2) is 11.0. The van der Waals surface area contributed by atoms with E-state index in [0.717, 1.165) is 12.1 Å². The van der Waals surface area contributed by atoms with Gasteiger partial charge in [0.2, 0.25) is 5.91 Å². The van der Waals surface area contributed by atoms with Crippen LogP contribution in [0.5, 0.6) is 5.75 Å². The Bertz CT molecular complexity index is 1200. The lowest BCUT2D eigenvalue weighted by Crippen LogP contribution is -2.61. The van der Waals surface area contributed by atoms with Gasteiger partial charge in [0.25, 0.3) is 0 Å². The summed E-state index contributed by atoms with van der Waals surface area (Å²) in [5.74, 6) is -9.32. The van der Waals surface area contributed by atoms with Gasteiger partial charge in [-0.05, 0) is 31.0 Å². The molecule has 0 fully saturated rings. The van der Waals surface area contributed by atoms with Crippen LogP contribution in [0.1, 0.15) is 18.9 Å². The Morgan fingerprint density at radius 1 is 1.00 bits per heavy atom. The van der Waals surface area contributed by atoms with Crippen molar-refractivity contribution in [2.75, 3.05) is 13.2 Å². The molecule has 0 aromatic heterocycles. The van der Waals surface area contributed by atoms with Gasteiger partial charge >= 0.3 is 42.6 Å². The molecule has 0 unspecified atom stereocenters. The Balaban J connectivity index is 2.78. The molecule has 0 bridgehead atoms. The number of halogens is 6. The van der Waals surface area contributed by atoms with E-state index in [1.165, 1.54) is 6.92 Å². The van der Waals surface area contributed by atoms with Crippen LogP contribution in [-0.2, 0) is 41.0 Å². The highest BCUT2D eigenvalue weighted by atomic mass is 32.2. The Hall–Kier alpha value is -2.86. The molecule has 0 saturated heterocycles. The van der Waals surface area contributed by atoms with Crippen molar-refractivity contribution >= 4 is 32.1 Å². The van der Waals surface area contributed by atoms with Crippen molar-refractivity contribution in [3.8, 4) is 5.75 Å². The molecule has 0 atom stereocenters. The standard InChI is InChI=1S/C18H19F6NO9S2/c1-11(2)15(27)33-10-8-14(26)25-9-7-12-3-5-13(6-4-12)34-36(31,32)18(23,24)16(19,20)17(21,22)35(28,29)30/h3-6H,1,7-10H2,2H3,(H,25,26)(H,28,29,30). The topological polar surface area (TPSA) is 153 Å². The van der Waals surface area contributed by atoms with Crippen LogP contribution in [0, 0.1) is 0 Å². The molecule has 1 aromatic carbocycles. The molecule has 0 aliphatic carbocycles. The first-order valence-corrected chi connectivity index (χ1v) is 12.2. The summed E-state index contributed by atoms with van der Waals surface area (Å²) in [6.07, 6.45) is -0.0712. The SMILES string of the molecule is C=C(C)C(=O)OCCC(=O)NCCc1ccc(OS(=O)(=O)C(F)(F)C(F)(F)C(F)(F)S(=O)(=O)O)cc1. The predicted octanol–water partition coefficient (Wildman–Crippen LogP) is 2.27. The maximum absolute atomic E-state index is 13.8. The number of esters is 1. The molecule has 1 rings (SSSR count). The Morgan fingerprint density at radius 3 is 2.00 bits per heavy atom. The van der Waals surface area contributed by atoms with E-state index >= 15 is 0 Å². The van der Waals surface area contributed by atoms with Gasteiger partial charge < -0.3 is 14.2 Å². The summed E-state index contributed by atoms with van der Waals surface area (Å²) in [6.45, 7) is 4.57. The molecule has 36 heavy (non-hydrogen) atoms. The second-order valence-corrected chi connectivity index (χ2v) is 10.1. The molecule has 0 radical (unpaired) electrons. The van der Waals surface area contributed by atoms with Crippen molar-refractivity contribution in [1.29, 1.82) is 0 Å². The summed E-state index contributed by atoms with van der Waals surface area (Å²) >= 11 is 0. The summed E-state index contributed by atoms with van der Waals surface area (Å²) in [5.41, 5.74) is 0.493. The fraction of sp³-hybridized carbons (Fsp3) is 0.444. The van der Waals surface area contributed by atoms with E-state index in [4.69, 9.17) is 9.29 Å². The first-order valence-electron chi connectivity index (χ1n) is 9.40. The highest BCUT2D eigenvalue weighted by Crippen LogP contribution is 2.50. The molecule has 10 nitrogen and oxygen atoms in total. The van der Waals surface area contributed by atoms with Crippen LogP contribution in [0.25, 0.3) is 0 Å². The maximum Gasteiger partial charge on any atom is 0.450 e. The zero-order chi connectivity index (χ0) is 28.2. The summed E-state index contributed by atoms with van der Waals surface area (Å²) in [6, 6.07) is 3.52. The van der Waals surface area contributed by atoms with Gasteiger partial charge in [-0.2, -0.15) is 43.2 Å². The lowest BCUT2D eigenvalue weighted by Gasteiger charge is -2.29. The average molecular weight is 571 g/mol. The van der Waals surface area contributed by atoms with Crippen molar-refractivity contribution < 1.29 is 66.2 Å². The van der Waals surface area contributed by atoms with Crippen molar-refractivity contribution in [2.24, 2.45) is 0 Å². The monoisotopic (exact) mass is 571 g/mol. The molecular formula is C18H19F6NO9S2. The smallest absolute Gasteiger partial charge is 0.450 e. The first-order chi connectivity index (χ1) is 16.2. The molecule has 0 saturated carbocycles. The number of carbonyl (C=O) groups excluding carboxylic acids is 2. The number of benzene rings is 1. The highest BCUT2D eigenvalue weighted by Gasteiger charge is 2.83. The summed E-state index contributed by atoms with van der Waals surface area (Å²) in [5, 5.41) is -11.2. The lowest BCUT2D eigenvalue weighted by molar-refractivity contribution is -0.247. The number of carbonyl (C=O) groups is 2. The lowest BCUT2D eigenvalue weighted by atomic mass is 10.1. The molecule has 204 valence electrons. The number of hydrogen-bond acceptors (Lipinski definition) is 8. The van der Waals surface area contributed by atoms with Gasteiger partial charge in [-0.15, -0.1) is 0 Å². The van der Waals surface area contributed by atoms with Gasteiger partial charge in [-0.25, -0.2) is 4.79 Å². The normalized spacial score (nSPS) is 13.1. The minimum atomic E-state index is -7.15. The largest absolute Gasteiger partial charge is 0.462 e. The molecular weight excluding hydrogens is 552 g/mol. The highest BCUT2D eigenvalue weighted by molar-refractivity contribution is 7.88. The molecule has 0 aliphatic rings. The van der Waals surface area contributed by atoms with Crippen LogP contribution in [0.15, 0.2) is 36.4 Å². The Morgan fingerprint density at radius 2 is 1.53 bits per heavy atom. The molecule has 2 N–H and O–H groups in total. The number of amides is 1. The second-order valence-electron chi connectivity index (χ2n) is 7.03. The van der Waals surface area contributed by atoms with Crippen LogP contribution in [0.4, 0.5) is 26.3 Å². The summed E-state index contributed by atoms with van der Waals surface area (Å²) < 4.78 is 142. The van der Waals surface area contributed by atoms with E-state index in [1.807, 2.05) is 0 Å². The number of ether oxygens (including phenoxy) is 1. The molecule has 18 heteroatoms. The van der Waals surface area contributed by atoms with Gasteiger partial charge in [0.05, 0.1) is 6.42 Å². The van der Waals surface area contributed by atoms with Crippen LogP contribution in [0.2, 0.25) is 0 Å². The zero-order valence-electron chi connectivity index (χ0n) is 18.1. The van der Waals surface area contributed by atoms with Crippen LogP contribution >= 0.6 is 0 Å². The van der Waals surface area contributed by atoms with Crippen molar-refractivity contribution in [2.45, 2.75) is 36.2 Å². The fourth-order valence-electron chi connectivity index (χ4n) is 2.17. The maximum atomic E-state index is 13.8. The Labute approximate surface area is 201 Å². The number of hydrogen-bond donors (Lipinski definition) is 2. The molecule has 0 heterocycles. The zero-order valence-corrected chi connectivity index (χ0v) is 19.8. The van der Waals surface area contributed by atoms with E-state index < -0.39 is 54.3 Å². The van der Waals surface area contributed by atoms with E-state index in [9.17, 15) is 52.8 Å². The summed E-state index contributed by atoms with van der Waals surface area (Å²) in [7, 11) is -14.1. The number of nitrogens with one attached hydrogen (secondary N) is 1. The number of rotatable bonds is 13. The van der Waals surface area contributed by atoms with E-state index in [-0.39, 0.29) is 31.6 Å². The van der Waals surface area contributed by atoms with Gasteiger partial charge in [0, 0.05) is 12.1 Å². The van der Waals surface area contributed by atoms with Crippen LogP contribution in [-0.4, -0.2) is 62.8 Å². The third-order valence-electron chi connectivity index (χ3n) is 4.14. The third-order valence-corrected chi connectivity index (χ3v) is 6.35. The van der Waals surface area contributed by atoms with E-state index in [0.29, 0.717) is 17.7 Å². The minimum Gasteiger partial charge on any atom is -0.462 e. The van der Waals surface area contributed by atoms with Crippen molar-refractivity contribution in [3.63, 3.8) is 0 Å². The Kier molecular flexibility index (Phi) is 9.56. The first kappa shape index (κ1) is 31.2.